The van der Waals surface area contributed by atoms with Crippen molar-refractivity contribution in [3.05, 3.63) is 56.8 Å². The predicted octanol–water partition coefficient (Wildman–Crippen LogP) is 4.30. The highest BCUT2D eigenvalue weighted by molar-refractivity contribution is 9.10. The molecule has 0 saturated carbocycles. The second-order valence-corrected chi connectivity index (χ2v) is 6.84. The van der Waals surface area contributed by atoms with E-state index in [-0.39, 0.29) is 6.61 Å². The second kappa shape index (κ2) is 9.38. The average Bonchev–Trinajstić information content (AvgIpc) is 2.55. The molecule has 0 aliphatic carbocycles. The number of ether oxygens (including phenoxy) is 2. The summed E-state index contributed by atoms with van der Waals surface area (Å²) in [4.78, 5) is 0. The molecular formula is C18H20BrClFNO3. The molecule has 0 fully saturated rings. The Hall–Kier alpha value is -1.34. The molecule has 1 atom stereocenters. The Morgan fingerprint density at radius 2 is 2.12 bits per heavy atom. The maximum atomic E-state index is 13.9. The van der Waals surface area contributed by atoms with Gasteiger partial charge >= 0.3 is 0 Å². The van der Waals surface area contributed by atoms with Crippen LogP contribution < -0.4 is 14.8 Å². The summed E-state index contributed by atoms with van der Waals surface area (Å²) in [7, 11) is 1.54. The molecule has 7 heteroatoms. The summed E-state index contributed by atoms with van der Waals surface area (Å²) in [6.45, 7) is 2.76. The van der Waals surface area contributed by atoms with Crippen LogP contribution in [0.1, 0.15) is 18.1 Å². The molecule has 0 amide bonds. The van der Waals surface area contributed by atoms with Gasteiger partial charge in [-0.2, -0.15) is 0 Å². The highest BCUT2D eigenvalue weighted by atomic mass is 79.9. The molecule has 2 rings (SSSR count). The largest absolute Gasteiger partial charge is 0.493 e. The van der Waals surface area contributed by atoms with Crippen LogP contribution in [-0.2, 0) is 13.2 Å². The van der Waals surface area contributed by atoms with Crippen LogP contribution >= 0.6 is 27.5 Å². The van der Waals surface area contributed by atoms with Gasteiger partial charge in [0.25, 0.3) is 0 Å². The van der Waals surface area contributed by atoms with Crippen molar-refractivity contribution in [2.24, 2.45) is 0 Å². The molecule has 0 radical (unpaired) electrons. The van der Waals surface area contributed by atoms with Gasteiger partial charge in [0.1, 0.15) is 12.4 Å². The molecule has 136 valence electrons. The third-order valence-corrected chi connectivity index (χ3v) is 4.42. The van der Waals surface area contributed by atoms with Crippen molar-refractivity contribution in [3.63, 3.8) is 0 Å². The smallest absolute Gasteiger partial charge is 0.175 e. The van der Waals surface area contributed by atoms with E-state index < -0.39 is 11.9 Å². The Labute approximate surface area is 160 Å². The minimum Gasteiger partial charge on any atom is -0.493 e. The minimum atomic E-state index is -0.418. The quantitative estimate of drug-likeness (QED) is 0.653. The van der Waals surface area contributed by atoms with Crippen LogP contribution in [0.25, 0.3) is 0 Å². The number of hydrogen-bond acceptors (Lipinski definition) is 4. The fourth-order valence-electron chi connectivity index (χ4n) is 2.26. The Morgan fingerprint density at radius 1 is 1.36 bits per heavy atom. The predicted molar refractivity (Wildman–Crippen MR) is 99.8 cm³/mol. The molecule has 0 heterocycles. The number of methoxy groups -OCH3 is 1. The molecule has 25 heavy (non-hydrogen) atoms. The van der Waals surface area contributed by atoms with Crippen LogP contribution in [0.2, 0.25) is 5.02 Å². The highest BCUT2D eigenvalue weighted by Gasteiger charge is 2.14. The molecule has 4 nitrogen and oxygen atoms in total. The van der Waals surface area contributed by atoms with Crippen LogP contribution in [0, 0.1) is 5.82 Å². The van der Waals surface area contributed by atoms with Gasteiger partial charge in [-0.3, -0.25) is 0 Å². The average molecular weight is 433 g/mol. The lowest BCUT2D eigenvalue weighted by Crippen LogP contribution is -2.23. The van der Waals surface area contributed by atoms with Gasteiger partial charge < -0.3 is 19.9 Å². The summed E-state index contributed by atoms with van der Waals surface area (Å²) in [5, 5.41) is 12.7. The van der Waals surface area contributed by atoms with Crippen molar-refractivity contribution >= 4 is 27.5 Å². The first kappa shape index (κ1) is 20.0. The van der Waals surface area contributed by atoms with Gasteiger partial charge in [0.2, 0.25) is 0 Å². The van der Waals surface area contributed by atoms with Gasteiger partial charge in [-0.05, 0) is 52.7 Å². The maximum absolute atomic E-state index is 13.9. The zero-order valence-electron chi connectivity index (χ0n) is 14.0. The van der Waals surface area contributed by atoms with Gasteiger partial charge in [0, 0.05) is 18.7 Å². The maximum Gasteiger partial charge on any atom is 0.175 e. The normalized spacial score (nSPS) is 12.1. The molecule has 2 N–H and O–H groups in total. The number of rotatable bonds is 8. The molecule has 0 aliphatic heterocycles. The molecule has 0 saturated heterocycles. The molecule has 0 aliphatic rings. The van der Waals surface area contributed by atoms with Crippen molar-refractivity contribution in [2.75, 3.05) is 13.7 Å². The molecule has 2 aromatic rings. The molecule has 0 aromatic heterocycles. The Bertz CT molecular complexity index is 707. The fourth-order valence-corrected chi connectivity index (χ4v) is 3.08. The Kier molecular flexibility index (Phi) is 7.50. The lowest BCUT2D eigenvalue weighted by Gasteiger charge is -2.16. The van der Waals surface area contributed by atoms with E-state index in [1.807, 2.05) is 12.1 Å². The van der Waals surface area contributed by atoms with Crippen LogP contribution in [0.4, 0.5) is 4.39 Å². The first-order valence-electron chi connectivity index (χ1n) is 7.73. The number of halogens is 3. The third-order valence-electron chi connectivity index (χ3n) is 3.48. The first-order chi connectivity index (χ1) is 11.9. The number of hydrogen-bond donors (Lipinski definition) is 2. The van der Waals surface area contributed by atoms with Gasteiger partial charge in [-0.1, -0.05) is 17.7 Å². The third kappa shape index (κ3) is 5.57. The van der Waals surface area contributed by atoms with Gasteiger partial charge in [0.15, 0.2) is 11.5 Å². The van der Waals surface area contributed by atoms with E-state index in [1.165, 1.54) is 13.2 Å². The van der Waals surface area contributed by atoms with E-state index in [0.717, 1.165) is 5.56 Å². The monoisotopic (exact) mass is 431 g/mol. The lowest BCUT2D eigenvalue weighted by molar-refractivity contribution is 0.191. The number of benzene rings is 2. The van der Waals surface area contributed by atoms with E-state index in [0.29, 0.717) is 39.6 Å². The molecule has 2 aromatic carbocycles. The van der Waals surface area contributed by atoms with E-state index in [1.54, 1.807) is 19.1 Å². The molecular weight excluding hydrogens is 413 g/mol. The second-order valence-electron chi connectivity index (χ2n) is 5.58. The van der Waals surface area contributed by atoms with E-state index in [2.05, 4.69) is 21.2 Å². The highest BCUT2D eigenvalue weighted by Crippen LogP contribution is 2.37. The van der Waals surface area contributed by atoms with Crippen molar-refractivity contribution in [1.82, 2.24) is 5.32 Å². The molecule has 1 unspecified atom stereocenters. The molecule has 0 spiro atoms. The van der Waals surface area contributed by atoms with Crippen LogP contribution in [0.5, 0.6) is 11.5 Å². The Morgan fingerprint density at radius 3 is 2.76 bits per heavy atom. The van der Waals surface area contributed by atoms with E-state index in [4.69, 9.17) is 21.1 Å². The fraction of sp³-hybridized carbons (Fsp3) is 0.333. The van der Waals surface area contributed by atoms with E-state index in [9.17, 15) is 9.50 Å². The first-order valence-corrected chi connectivity index (χ1v) is 8.90. The summed E-state index contributed by atoms with van der Waals surface area (Å²) in [5.41, 5.74) is 1.25. The standard InChI is InChI=1S/C18H20BrClFNO3/c1-11(23)8-22-9-12-6-14(19)18(17(7-12)24-2)25-10-13-15(20)4-3-5-16(13)21/h3-7,11,22-23H,8-10H2,1-2H3. The van der Waals surface area contributed by atoms with Crippen LogP contribution in [0.3, 0.4) is 0 Å². The summed E-state index contributed by atoms with van der Waals surface area (Å²) >= 11 is 9.49. The van der Waals surface area contributed by atoms with Crippen LogP contribution in [-0.4, -0.2) is 24.9 Å². The summed E-state index contributed by atoms with van der Waals surface area (Å²) in [5.74, 6) is 0.582. The number of aliphatic hydroxyl groups excluding tert-OH is 1. The number of aliphatic hydroxyl groups is 1. The van der Waals surface area contributed by atoms with Crippen molar-refractivity contribution in [2.45, 2.75) is 26.2 Å². The summed E-state index contributed by atoms with van der Waals surface area (Å²) in [6, 6.07) is 8.22. The van der Waals surface area contributed by atoms with Gasteiger partial charge in [-0.25, -0.2) is 4.39 Å². The van der Waals surface area contributed by atoms with Crippen molar-refractivity contribution < 1.29 is 19.0 Å². The topological polar surface area (TPSA) is 50.7 Å². The zero-order chi connectivity index (χ0) is 18.4. The number of nitrogens with one attached hydrogen (secondary N) is 1. The van der Waals surface area contributed by atoms with E-state index >= 15 is 0 Å². The Balaban J connectivity index is 2.15. The van der Waals surface area contributed by atoms with Crippen molar-refractivity contribution in [1.29, 1.82) is 0 Å². The minimum absolute atomic E-state index is 0.0138. The lowest BCUT2D eigenvalue weighted by atomic mass is 10.2. The van der Waals surface area contributed by atoms with Gasteiger partial charge in [0.05, 0.1) is 22.7 Å². The molecule has 0 bridgehead atoms. The van der Waals surface area contributed by atoms with Crippen LogP contribution in [0.15, 0.2) is 34.8 Å². The summed E-state index contributed by atoms with van der Waals surface area (Å²) in [6.07, 6.45) is -0.418. The zero-order valence-corrected chi connectivity index (χ0v) is 16.3. The summed E-state index contributed by atoms with van der Waals surface area (Å²) < 4.78 is 25.7. The van der Waals surface area contributed by atoms with Gasteiger partial charge in [-0.15, -0.1) is 0 Å². The van der Waals surface area contributed by atoms with Crippen molar-refractivity contribution in [3.8, 4) is 11.5 Å². The SMILES string of the molecule is COc1cc(CNCC(C)O)cc(Br)c1OCc1c(F)cccc1Cl.